The van der Waals surface area contributed by atoms with Gasteiger partial charge in [0.1, 0.15) is 0 Å². The summed E-state index contributed by atoms with van der Waals surface area (Å²) in [4.78, 5) is 0. The molecule has 2 rings (SSSR count). The van der Waals surface area contributed by atoms with E-state index >= 15 is 0 Å². The van der Waals surface area contributed by atoms with E-state index in [4.69, 9.17) is 9.47 Å². The molecule has 0 radical (unpaired) electrons. The van der Waals surface area contributed by atoms with Crippen LogP contribution in [-0.4, -0.2) is 46.8 Å². The molecule has 0 aliphatic carbocycles. The molecule has 1 heterocycles. The average Bonchev–Trinajstić information content (AvgIpc) is 2.32. The first kappa shape index (κ1) is 11.4. The Balaban J connectivity index is 1.66. The normalized spacial score (nSPS) is 21.5. The van der Waals surface area contributed by atoms with Gasteiger partial charge < -0.3 is 0 Å². The third kappa shape index (κ3) is 4.12. The first-order chi connectivity index (χ1) is 7.45. The molecule has 0 amide bonds. The third-order valence-electron chi connectivity index (χ3n) is 2.34. The molecule has 1 saturated heterocycles. The summed E-state index contributed by atoms with van der Waals surface area (Å²) in [6.45, 7) is 2.34. The molecule has 3 heteroatoms. The van der Waals surface area contributed by atoms with E-state index < -0.39 is 0 Å². The zero-order valence-corrected chi connectivity index (χ0v) is 11.1. The molecule has 0 bridgehead atoms. The molecule has 1 aliphatic rings. The van der Waals surface area contributed by atoms with Gasteiger partial charge >= 0.3 is 101 Å². The minimum atomic E-state index is -0.0132. The molecular weight excluding hydrogens is 304 g/mol. The van der Waals surface area contributed by atoms with Crippen LogP contribution in [0, 0.1) is 0 Å². The van der Waals surface area contributed by atoms with Crippen LogP contribution in [0.25, 0.3) is 0 Å². The molecule has 82 valence electrons. The molecule has 1 aromatic carbocycles. The van der Waals surface area contributed by atoms with Gasteiger partial charge in [0.15, 0.2) is 0 Å². The van der Waals surface area contributed by atoms with Crippen LogP contribution >= 0.6 is 0 Å². The fraction of sp³-hybridized carbons (Fsp3) is 0.500. The summed E-state index contributed by atoms with van der Waals surface area (Å²) in [5.74, 6) is 0. The number of benzene rings is 1. The SMILES string of the molecule is c1ccc([Te]CCC2COCCO2)cc1. The molecule has 1 fully saturated rings. The van der Waals surface area contributed by atoms with Gasteiger partial charge in [0.25, 0.3) is 0 Å². The van der Waals surface area contributed by atoms with Crippen molar-refractivity contribution in [3.05, 3.63) is 30.3 Å². The monoisotopic (exact) mass is 322 g/mol. The second-order valence-electron chi connectivity index (χ2n) is 3.52. The van der Waals surface area contributed by atoms with Crippen LogP contribution in [0.3, 0.4) is 0 Å². The first-order valence-corrected chi connectivity index (χ1v) is 8.13. The van der Waals surface area contributed by atoms with E-state index in [1.165, 1.54) is 4.47 Å². The van der Waals surface area contributed by atoms with E-state index in [1.807, 2.05) is 0 Å². The molecule has 0 spiro atoms. The maximum atomic E-state index is 5.61. The van der Waals surface area contributed by atoms with Crippen molar-refractivity contribution in [3.8, 4) is 0 Å². The fourth-order valence-electron chi connectivity index (χ4n) is 1.53. The van der Waals surface area contributed by atoms with Gasteiger partial charge in [0.05, 0.1) is 0 Å². The van der Waals surface area contributed by atoms with E-state index in [2.05, 4.69) is 30.3 Å². The van der Waals surface area contributed by atoms with Crippen LogP contribution in [0.15, 0.2) is 30.3 Å². The Morgan fingerprint density at radius 1 is 1.20 bits per heavy atom. The van der Waals surface area contributed by atoms with Crippen LogP contribution in [0.4, 0.5) is 0 Å². The Bertz CT molecular complexity index is 270. The predicted octanol–water partition coefficient (Wildman–Crippen LogP) is 1.24. The number of rotatable bonds is 4. The third-order valence-corrected chi connectivity index (χ3v) is 5.32. The second-order valence-corrected chi connectivity index (χ2v) is 6.85. The number of hydrogen-bond donors (Lipinski definition) is 0. The van der Waals surface area contributed by atoms with Gasteiger partial charge in [0, 0.05) is 0 Å². The van der Waals surface area contributed by atoms with E-state index in [0.717, 1.165) is 26.2 Å². The quantitative estimate of drug-likeness (QED) is 0.778. The van der Waals surface area contributed by atoms with Gasteiger partial charge in [-0.3, -0.25) is 0 Å². The zero-order chi connectivity index (χ0) is 10.3. The summed E-state index contributed by atoms with van der Waals surface area (Å²) in [5.41, 5.74) is 0. The van der Waals surface area contributed by atoms with Gasteiger partial charge in [-0.05, 0) is 0 Å². The standard InChI is InChI=1S/C12H16O2Te/c1-2-4-12(5-3-1)15-9-6-11-10-13-7-8-14-11/h1-5,11H,6-10H2. The van der Waals surface area contributed by atoms with Gasteiger partial charge in [-0.15, -0.1) is 0 Å². The van der Waals surface area contributed by atoms with Crippen molar-refractivity contribution >= 4 is 24.5 Å². The molecular formula is C12H16O2Te. The van der Waals surface area contributed by atoms with Crippen molar-refractivity contribution < 1.29 is 9.47 Å². The Labute approximate surface area is 101 Å². The molecule has 15 heavy (non-hydrogen) atoms. The summed E-state index contributed by atoms with van der Waals surface area (Å²) in [5, 5.41) is 0. The van der Waals surface area contributed by atoms with E-state index in [-0.39, 0.29) is 20.9 Å². The van der Waals surface area contributed by atoms with E-state index in [9.17, 15) is 0 Å². The molecule has 1 atom stereocenters. The van der Waals surface area contributed by atoms with Crippen LogP contribution in [-0.2, 0) is 9.47 Å². The van der Waals surface area contributed by atoms with Crippen molar-refractivity contribution in [1.82, 2.24) is 0 Å². The summed E-state index contributed by atoms with van der Waals surface area (Å²) in [7, 11) is 0. The molecule has 1 aliphatic heterocycles. The first-order valence-electron chi connectivity index (χ1n) is 5.32. The van der Waals surface area contributed by atoms with Crippen molar-refractivity contribution in [2.75, 3.05) is 19.8 Å². The maximum absolute atomic E-state index is 5.61. The van der Waals surface area contributed by atoms with Crippen LogP contribution in [0.1, 0.15) is 6.42 Å². The summed E-state index contributed by atoms with van der Waals surface area (Å²) in [6, 6.07) is 10.8. The molecule has 1 aromatic rings. The Morgan fingerprint density at radius 2 is 2.07 bits per heavy atom. The Kier molecular flexibility index (Phi) is 4.95. The molecule has 2 nitrogen and oxygen atoms in total. The van der Waals surface area contributed by atoms with Crippen molar-refractivity contribution in [2.45, 2.75) is 17.0 Å². The molecule has 0 N–H and O–H groups in total. The van der Waals surface area contributed by atoms with Crippen molar-refractivity contribution in [2.24, 2.45) is 0 Å². The Morgan fingerprint density at radius 3 is 2.80 bits per heavy atom. The van der Waals surface area contributed by atoms with Gasteiger partial charge in [-0.2, -0.15) is 0 Å². The van der Waals surface area contributed by atoms with E-state index in [0.29, 0.717) is 6.10 Å². The summed E-state index contributed by atoms with van der Waals surface area (Å²) >= 11 is -0.0132. The number of hydrogen-bond acceptors (Lipinski definition) is 2. The van der Waals surface area contributed by atoms with Crippen LogP contribution in [0.2, 0.25) is 4.47 Å². The van der Waals surface area contributed by atoms with Gasteiger partial charge in [0.2, 0.25) is 0 Å². The van der Waals surface area contributed by atoms with Crippen molar-refractivity contribution in [3.63, 3.8) is 0 Å². The Hall–Kier alpha value is -0.0704. The topological polar surface area (TPSA) is 18.5 Å². The molecule has 0 saturated carbocycles. The molecule has 0 aromatic heterocycles. The second kappa shape index (κ2) is 6.50. The van der Waals surface area contributed by atoms with Crippen LogP contribution in [0.5, 0.6) is 0 Å². The summed E-state index contributed by atoms with van der Waals surface area (Å²) < 4.78 is 13.8. The summed E-state index contributed by atoms with van der Waals surface area (Å²) in [6.07, 6.45) is 1.52. The fourth-order valence-corrected chi connectivity index (χ4v) is 4.29. The zero-order valence-electron chi connectivity index (χ0n) is 8.72. The minimum absolute atomic E-state index is 0.0132. The predicted molar refractivity (Wildman–Crippen MR) is 61.8 cm³/mol. The van der Waals surface area contributed by atoms with E-state index in [1.54, 1.807) is 3.61 Å². The average molecular weight is 320 g/mol. The van der Waals surface area contributed by atoms with Gasteiger partial charge in [-0.1, -0.05) is 0 Å². The van der Waals surface area contributed by atoms with Crippen LogP contribution < -0.4 is 3.61 Å². The van der Waals surface area contributed by atoms with Gasteiger partial charge in [-0.25, -0.2) is 0 Å². The molecule has 1 unspecified atom stereocenters. The van der Waals surface area contributed by atoms with Crippen molar-refractivity contribution in [1.29, 1.82) is 0 Å². The number of ether oxygens (including phenoxy) is 2.